The molecule has 0 fully saturated rings. The van der Waals surface area contributed by atoms with Gasteiger partial charge in [-0.15, -0.1) is 0 Å². The first-order valence-corrected chi connectivity index (χ1v) is 7.70. The zero-order valence-electron chi connectivity index (χ0n) is 13.8. The highest BCUT2D eigenvalue weighted by Crippen LogP contribution is 2.23. The third-order valence-electron chi connectivity index (χ3n) is 3.31. The van der Waals surface area contributed by atoms with Gasteiger partial charge in [-0.1, -0.05) is 12.1 Å². The van der Waals surface area contributed by atoms with Crippen LogP contribution in [0.3, 0.4) is 0 Å². The number of hydrogen-bond acceptors (Lipinski definition) is 5. The molecule has 26 heavy (non-hydrogen) atoms. The second-order valence-electron chi connectivity index (χ2n) is 5.37. The van der Waals surface area contributed by atoms with Crippen LogP contribution in [0.5, 0.6) is 0 Å². The fourth-order valence-corrected chi connectivity index (χ4v) is 2.24. The Morgan fingerprint density at radius 2 is 1.65 bits per heavy atom. The minimum absolute atomic E-state index is 0.0389. The van der Waals surface area contributed by atoms with Crippen molar-refractivity contribution < 1.29 is 13.6 Å². The molecule has 0 spiro atoms. The molecule has 0 aliphatic carbocycles. The van der Waals surface area contributed by atoms with Gasteiger partial charge in [0.15, 0.2) is 0 Å². The summed E-state index contributed by atoms with van der Waals surface area (Å²) >= 11 is 0. The summed E-state index contributed by atoms with van der Waals surface area (Å²) in [4.78, 5) is 19.3. The number of aromatic nitrogens is 2. The van der Waals surface area contributed by atoms with Crippen LogP contribution in [0.2, 0.25) is 0 Å². The molecule has 0 saturated carbocycles. The lowest BCUT2D eigenvalue weighted by Crippen LogP contribution is -2.06. The first-order chi connectivity index (χ1) is 12.5. The topological polar surface area (TPSA) is 78.9 Å². The Kier molecular flexibility index (Phi) is 5.02. The van der Waals surface area contributed by atoms with E-state index in [9.17, 15) is 13.6 Å². The average molecular weight is 355 g/mol. The number of para-hydroxylation sites is 1. The van der Waals surface area contributed by atoms with E-state index in [4.69, 9.17) is 0 Å². The number of nitrogens with zero attached hydrogens (tertiary/aromatic N) is 2. The van der Waals surface area contributed by atoms with Crippen molar-refractivity contribution in [3.8, 4) is 0 Å². The van der Waals surface area contributed by atoms with E-state index in [-0.39, 0.29) is 17.5 Å². The van der Waals surface area contributed by atoms with Crippen molar-refractivity contribution in [2.75, 3.05) is 16.0 Å². The Hall–Kier alpha value is -3.55. The van der Waals surface area contributed by atoms with E-state index >= 15 is 0 Å². The van der Waals surface area contributed by atoms with Gasteiger partial charge in [0, 0.05) is 24.5 Å². The number of rotatable bonds is 5. The third kappa shape index (κ3) is 4.29. The van der Waals surface area contributed by atoms with E-state index in [0.29, 0.717) is 17.2 Å². The third-order valence-corrected chi connectivity index (χ3v) is 3.31. The highest BCUT2D eigenvalue weighted by molar-refractivity contribution is 5.89. The van der Waals surface area contributed by atoms with Gasteiger partial charge in [-0.05, 0) is 36.4 Å². The van der Waals surface area contributed by atoms with Crippen LogP contribution in [0.25, 0.3) is 0 Å². The molecule has 0 aliphatic rings. The predicted octanol–water partition coefficient (Wildman–Crippen LogP) is 4.20. The molecule has 0 aliphatic heterocycles. The predicted molar refractivity (Wildman–Crippen MR) is 95.7 cm³/mol. The minimum Gasteiger partial charge on any atom is -0.340 e. The van der Waals surface area contributed by atoms with Crippen molar-refractivity contribution >= 4 is 34.7 Å². The molecule has 1 amide bonds. The summed E-state index contributed by atoms with van der Waals surface area (Å²) in [5.74, 6) is -1.20. The highest BCUT2D eigenvalue weighted by atomic mass is 19.1. The molecule has 132 valence electrons. The van der Waals surface area contributed by atoms with Gasteiger partial charge in [0.2, 0.25) is 11.9 Å². The maximum atomic E-state index is 13.7. The molecule has 3 N–H and O–H groups in total. The van der Waals surface area contributed by atoms with Crippen LogP contribution >= 0.6 is 0 Å². The summed E-state index contributed by atoms with van der Waals surface area (Å²) in [5, 5.41) is 8.26. The Morgan fingerprint density at radius 3 is 2.38 bits per heavy atom. The molecule has 0 atom stereocenters. The maximum Gasteiger partial charge on any atom is 0.229 e. The second-order valence-corrected chi connectivity index (χ2v) is 5.37. The largest absolute Gasteiger partial charge is 0.340 e. The molecule has 1 heterocycles. The molecule has 6 nitrogen and oxygen atoms in total. The van der Waals surface area contributed by atoms with E-state index in [1.165, 1.54) is 19.2 Å². The molecule has 8 heteroatoms. The average Bonchev–Trinajstić information content (AvgIpc) is 2.58. The zero-order valence-corrected chi connectivity index (χ0v) is 13.8. The number of benzene rings is 2. The van der Waals surface area contributed by atoms with Gasteiger partial charge in [-0.3, -0.25) is 4.79 Å². The van der Waals surface area contributed by atoms with Gasteiger partial charge in [-0.2, -0.15) is 4.98 Å². The zero-order chi connectivity index (χ0) is 18.5. The van der Waals surface area contributed by atoms with E-state index in [2.05, 4.69) is 25.9 Å². The van der Waals surface area contributed by atoms with Crippen molar-refractivity contribution in [3.05, 3.63) is 66.4 Å². The number of hydrogen-bond donors (Lipinski definition) is 3. The molecular weight excluding hydrogens is 340 g/mol. The van der Waals surface area contributed by atoms with Crippen LogP contribution in [0.4, 0.5) is 37.6 Å². The lowest BCUT2D eigenvalue weighted by molar-refractivity contribution is -0.114. The van der Waals surface area contributed by atoms with Crippen LogP contribution in [-0.2, 0) is 4.79 Å². The van der Waals surface area contributed by atoms with Gasteiger partial charge in [-0.25, -0.2) is 13.8 Å². The second kappa shape index (κ2) is 7.56. The summed E-state index contributed by atoms with van der Waals surface area (Å²) in [6.07, 6.45) is 1.45. The van der Waals surface area contributed by atoms with Gasteiger partial charge in [0.25, 0.3) is 0 Å². The monoisotopic (exact) mass is 355 g/mol. The first-order valence-electron chi connectivity index (χ1n) is 7.70. The van der Waals surface area contributed by atoms with Crippen molar-refractivity contribution in [1.82, 2.24) is 9.97 Å². The molecule has 0 saturated heterocycles. The maximum absolute atomic E-state index is 13.7. The SMILES string of the molecule is CC(=O)Nc1cccc(Nc2ccnc(Nc3c(F)cccc3F)n2)c1. The molecule has 0 radical (unpaired) electrons. The summed E-state index contributed by atoms with van der Waals surface area (Å²) in [7, 11) is 0. The lowest BCUT2D eigenvalue weighted by Gasteiger charge is -2.10. The van der Waals surface area contributed by atoms with Gasteiger partial charge < -0.3 is 16.0 Å². The van der Waals surface area contributed by atoms with Crippen LogP contribution in [0.1, 0.15) is 6.92 Å². The Labute approximate surface area is 148 Å². The quantitative estimate of drug-likeness (QED) is 0.639. The number of nitrogens with one attached hydrogen (secondary N) is 3. The number of amides is 1. The van der Waals surface area contributed by atoms with Gasteiger partial charge in [0.1, 0.15) is 23.1 Å². The van der Waals surface area contributed by atoms with Crippen molar-refractivity contribution in [2.24, 2.45) is 0 Å². The molecular formula is C18H15F2N5O. The van der Waals surface area contributed by atoms with Crippen LogP contribution in [0, 0.1) is 11.6 Å². The summed E-state index contributed by atoms with van der Waals surface area (Å²) in [6, 6.07) is 12.2. The Balaban J connectivity index is 1.79. The minimum atomic E-state index is -0.741. The van der Waals surface area contributed by atoms with Crippen LogP contribution in [-0.4, -0.2) is 15.9 Å². The number of carbonyl (C=O) groups is 1. The fourth-order valence-electron chi connectivity index (χ4n) is 2.24. The smallest absolute Gasteiger partial charge is 0.229 e. The Morgan fingerprint density at radius 1 is 0.962 bits per heavy atom. The van der Waals surface area contributed by atoms with Crippen molar-refractivity contribution in [3.63, 3.8) is 0 Å². The summed E-state index contributed by atoms with van der Waals surface area (Å²) in [6.45, 7) is 1.42. The normalized spacial score (nSPS) is 10.3. The molecule has 1 aromatic heterocycles. The molecule has 0 bridgehead atoms. The molecule has 0 unspecified atom stereocenters. The molecule has 3 rings (SSSR count). The van der Waals surface area contributed by atoms with Crippen LogP contribution < -0.4 is 16.0 Å². The van der Waals surface area contributed by atoms with Gasteiger partial charge in [0.05, 0.1) is 0 Å². The van der Waals surface area contributed by atoms with E-state index in [1.54, 1.807) is 30.3 Å². The summed E-state index contributed by atoms with van der Waals surface area (Å²) in [5.41, 5.74) is 0.985. The van der Waals surface area contributed by atoms with Crippen molar-refractivity contribution in [2.45, 2.75) is 6.92 Å². The van der Waals surface area contributed by atoms with Crippen LogP contribution in [0.15, 0.2) is 54.7 Å². The summed E-state index contributed by atoms with van der Waals surface area (Å²) < 4.78 is 27.4. The fraction of sp³-hybridized carbons (Fsp3) is 0.0556. The Bertz CT molecular complexity index is 928. The van der Waals surface area contributed by atoms with E-state index in [0.717, 1.165) is 12.1 Å². The molecule has 2 aromatic carbocycles. The first kappa shape index (κ1) is 17.3. The molecule has 3 aromatic rings. The van der Waals surface area contributed by atoms with E-state index < -0.39 is 11.6 Å². The number of carbonyl (C=O) groups excluding carboxylic acids is 1. The highest BCUT2D eigenvalue weighted by Gasteiger charge is 2.10. The standard InChI is InChI=1S/C18H15F2N5O/c1-11(26)22-12-4-2-5-13(10-12)23-16-8-9-21-18(24-16)25-17-14(19)6-3-7-15(17)20/h2-10H,1H3,(H,22,26)(H2,21,23,24,25). The number of anilines is 5. The lowest BCUT2D eigenvalue weighted by atomic mass is 10.2. The number of halogens is 2. The van der Waals surface area contributed by atoms with Crippen molar-refractivity contribution in [1.29, 1.82) is 0 Å². The van der Waals surface area contributed by atoms with E-state index in [1.807, 2.05) is 0 Å². The van der Waals surface area contributed by atoms with Gasteiger partial charge >= 0.3 is 0 Å².